The maximum atomic E-state index is 6.24. The van der Waals surface area contributed by atoms with E-state index in [0.29, 0.717) is 6.04 Å². The van der Waals surface area contributed by atoms with E-state index in [1.165, 1.54) is 18.4 Å². The fraction of sp³-hybridized carbons (Fsp3) is 0.500. The van der Waals surface area contributed by atoms with E-state index in [0.717, 1.165) is 22.0 Å². The summed E-state index contributed by atoms with van der Waals surface area (Å²) >= 11 is 9.74. The fourth-order valence-electron chi connectivity index (χ4n) is 1.93. The summed E-state index contributed by atoms with van der Waals surface area (Å²) in [4.78, 5) is 0. The molecule has 1 aromatic rings. The first-order chi connectivity index (χ1) is 7.22. The van der Waals surface area contributed by atoms with Crippen LogP contribution in [0.15, 0.2) is 22.7 Å². The molecule has 0 heterocycles. The van der Waals surface area contributed by atoms with Crippen LogP contribution in [-0.4, -0.2) is 6.54 Å². The van der Waals surface area contributed by atoms with Crippen LogP contribution in [0.2, 0.25) is 5.02 Å². The van der Waals surface area contributed by atoms with E-state index >= 15 is 0 Å². The van der Waals surface area contributed by atoms with Gasteiger partial charge in [-0.2, -0.15) is 0 Å². The third kappa shape index (κ3) is 2.74. The second kappa shape index (κ2) is 4.86. The third-order valence-corrected chi connectivity index (χ3v) is 3.65. The Bertz CT molecular complexity index is 349. The molecule has 1 fully saturated rings. The molecule has 0 saturated heterocycles. The molecule has 1 nitrogen and oxygen atoms in total. The van der Waals surface area contributed by atoms with Gasteiger partial charge in [0.15, 0.2) is 0 Å². The van der Waals surface area contributed by atoms with Crippen molar-refractivity contribution in [2.24, 2.45) is 5.92 Å². The van der Waals surface area contributed by atoms with Crippen molar-refractivity contribution in [3.63, 3.8) is 0 Å². The minimum absolute atomic E-state index is 0.431. The first-order valence-electron chi connectivity index (χ1n) is 5.40. The van der Waals surface area contributed by atoms with Crippen LogP contribution in [0.1, 0.15) is 31.4 Å². The highest BCUT2D eigenvalue weighted by Gasteiger charge is 2.32. The van der Waals surface area contributed by atoms with Gasteiger partial charge in [0.2, 0.25) is 0 Å². The van der Waals surface area contributed by atoms with Crippen molar-refractivity contribution in [3.8, 4) is 0 Å². The summed E-state index contributed by atoms with van der Waals surface area (Å²) in [5, 5.41) is 4.39. The molecule has 1 aromatic carbocycles. The van der Waals surface area contributed by atoms with Crippen molar-refractivity contribution >= 4 is 27.5 Å². The van der Waals surface area contributed by atoms with Gasteiger partial charge < -0.3 is 5.32 Å². The molecule has 0 spiro atoms. The molecule has 0 aliphatic heterocycles. The third-order valence-electron chi connectivity index (χ3n) is 2.81. The molecule has 0 radical (unpaired) electrons. The van der Waals surface area contributed by atoms with Gasteiger partial charge in [0.1, 0.15) is 0 Å². The normalized spacial score (nSPS) is 17.8. The predicted octanol–water partition coefficient (Wildman–Crippen LogP) is 4.16. The van der Waals surface area contributed by atoms with Gasteiger partial charge in [0.25, 0.3) is 0 Å². The van der Waals surface area contributed by atoms with Crippen LogP contribution in [0.25, 0.3) is 0 Å². The Morgan fingerprint density at radius 1 is 1.53 bits per heavy atom. The Hall–Kier alpha value is -0.0500. The SMILES string of the molecule is CCNC(c1cc(Br)ccc1Cl)C1CC1. The maximum absolute atomic E-state index is 6.24. The molecule has 1 N–H and O–H groups in total. The van der Waals surface area contributed by atoms with Crippen molar-refractivity contribution < 1.29 is 0 Å². The summed E-state index contributed by atoms with van der Waals surface area (Å²) in [6.07, 6.45) is 2.64. The highest BCUT2D eigenvalue weighted by atomic mass is 79.9. The summed E-state index contributed by atoms with van der Waals surface area (Å²) in [7, 11) is 0. The van der Waals surface area contributed by atoms with Crippen LogP contribution >= 0.6 is 27.5 Å². The summed E-state index contributed by atoms with van der Waals surface area (Å²) in [5.41, 5.74) is 1.23. The zero-order valence-electron chi connectivity index (χ0n) is 8.76. The van der Waals surface area contributed by atoms with Crippen molar-refractivity contribution in [1.29, 1.82) is 0 Å². The topological polar surface area (TPSA) is 12.0 Å². The van der Waals surface area contributed by atoms with E-state index in [9.17, 15) is 0 Å². The highest BCUT2D eigenvalue weighted by molar-refractivity contribution is 9.10. The van der Waals surface area contributed by atoms with E-state index < -0.39 is 0 Å². The maximum Gasteiger partial charge on any atom is 0.0454 e. The molecule has 3 heteroatoms. The molecule has 15 heavy (non-hydrogen) atoms. The molecule has 82 valence electrons. The standard InChI is InChI=1S/C12H15BrClN/c1-2-15-12(8-3-4-8)10-7-9(13)5-6-11(10)14/h5-8,12,15H,2-4H2,1H3. The molecule has 1 unspecified atom stereocenters. The second-order valence-corrected chi connectivity index (χ2v) is 5.36. The minimum atomic E-state index is 0.431. The average molecular weight is 289 g/mol. The van der Waals surface area contributed by atoms with Gasteiger partial charge in [-0.05, 0) is 49.1 Å². The van der Waals surface area contributed by atoms with E-state index in [4.69, 9.17) is 11.6 Å². The number of hydrogen-bond acceptors (Lipinski definition) is 1. The summed E-state index contributed by atoms with van der Waals surface area (Å²) in [6.45, 7) is 3.13. The molecular formula is C12H15BrClN. The molecule has 0 aromatic heterocycles. The summed E-state index contributed by atoms with van der Waals surface area (Å²) < 4.78 is 1.10. The highest BCUT2D eigenvalue weighted by Crippen LogP contribution is 2.43. The second-order valence-electron chi connectivity index (χ2n) is 4.04. The number of rotatable bonds is 4. The van der Waals surface area contributed by atoms with Crippen molar-refractivity contribution in [1.82, 2.24) is 5.32 Å². The fourth-order valence-corrected chi connectivity index (χ4v) is 2.55. The Kier molecular flexibility index (Phi) is 3.70. The van der Waals surface area contributed by atoms with Crippen LogP contribution < -0.4 is 5.32 Å². The molecule has 0 amide bonds. The lowest BCUT2D eigenvalue weighted by atomic mass is 10.0. The molecule has 1 saturated carbocycles. The monoisotopic (exact) mass is 287 g/mol. The Labute approximate surface area is 104 Å². The van der Waals surface area contributed by atoms with Crippen molar-refractivity contribution in [2.45, 2.75) is 25.8 Å². The van der Waals surface area contributed by atoms with Crippen molar-refractivity contribution in [3.05, 3.63) is 33.3 Å². The number of nitrogens with one attached hydrogen (secondary N) is 1. The van der Waals surface area contributed by atoms with E-state index in [2.05, 4.69) is 34.2 Å². The van der Waals surface area contributed by atoms with Gasteiger partial charge in [-0.15, -0.1) is 0 Å². The average Bonchev–Trinajstić information content (AvgIpc) is 3.02. The van der Waals surface area contributed by atoms with Crippen LogP contribution in [0.3, 0.4) is 0 Å². The van der Waals surface area contributed by atoms with Crippen molar-refractivity contribution in [2.75, 3.05) is 6.54 Å². The van der Waals surface area contributed by atoms with Crippen LogP contribution in [-0.2, 0) is 0 Å². The Morgan fingerprint density at radius 3 is 2.87 bits per heavy atom. The van der Waals surface area contributed by atoms with Crippen LogP contribution in [0, 0.1) is 5.92 Å². The van der Waals surface area contributed by atoms with Gasteiger partial charge in [0.05, 0.1) is 0 Å². The smallest absolute Gasteiger partial charge is 0.0454 e. The van der Waals surface area contributed by atoms with E-state index in [1.54, 1.807) is 0 Å². The summed E-state index contributed by atoms with van der Waals surface area (Å²) in [5.74, 6) is 0.775. The van der Waals surface area contributed by atoms with Crippen LogP contribution in [0.5, 0.6) is 0 Å². The first kappa shape index (κ1) is 11.4. The Morgan fingerprint density at radius 2 is 2.27 bits per heavy atom. The van der Waals surface area contributed by atoms with Gasteiger partial charge >= 0.3 is 0 Å². The molecule has 1 atom stereocenters. The molecular weight excluding hydrogens is 273 g/mol. The lowest BCUT2D eigenvalue weighted by Gasteiger charge is -2.19. The zero-order chi connectivity index (χ0) is 10.8. The molecule has 2 rings (SSSR count). The van der Waals surface area contributed by atoms with Crippen LogP contribution in [0.4, 0.5) is 0 Å². The van der Waals surface area contributed by atoms with Gasteiger partial charge in [-0.1, -0.05) is 34.5 Å². The van der Waals surface area contributed by atoms with E-state index in [1.807, 2.05) is 12.1 Å². The minimum Gasteiger partial charge on any atom is -0.310 e. The number of hydrogen-bond donors (Lipinski definition) is 1. The Balaban J connectivity index is 2.27. The predicted molar refractivity (Wildman–Crippen MR) is 68.3 cm³/mol. The largest absolute Gasteiger partial charge is 0.310 e. The molecule has 1 aliphatic rings. The number of halogens is 2. The lowest BCUT2D eigenvalue weighted by molar-refractivity contribution is 0.496. The lowest BCUT2D eigenvalue weighted by Crippen LogP contribution is -2.22. The van der Waals surface area contributed by atoms with E-state index in [-0.39, 0.29) is 0 Å². The zero-order valence-corrected chi connectivity index (χ0v) is 11.1. The number of benzene rings is 1. The van der Waals surface area contributed by atoms with Gasteiger partial charge in [0, 0.05) is 15.5 Å². The molecule has 1 aliphatic carbocycles. The quantitative estimate of drug-likeness (QED) is 0.877. The summed E-state index contributed by atoms with van der Waals surface area (Å²) in [6, 6.07) is 6.52. The molecule has 0 bridgehead atoms. The van der Waals surface area contributed by atoms with Gasteiger partial charge in [-0.25, -0.2) is 0 Å². The first-order valence-corrected chi connectivity index (χ1v) is 6.57. The van der Waals surface area contributed by atoms with Gasteiger partial charge in [-0.3, -0.25) is 0 Å².